The Morgan fingerprint density at radius 3 is 2.58 bits per heavy atom. The molecule has 0 saturated carbocycles. The van der Waals surface area contributed by atoms with Crippen molar-refractivity contribution in [3.63, 3.8) is 0 Å². The van der Waals surface area contributed by atoms with E-state index in [1.54, 1.807) is 19.2 Å². The largest absolute Gasteiger partial charge is 0.493 e. The minimum absolute atomic E-state index is 0.540. The molecule has 7 heteroatoms. The molecule has 0 aliphatic rings. The molecule has 0 bridgehead atoms. The molecule has 2 N–H and O–H groups in total. The SMILES string of the molecule is CCOc1ccc(CCNC(=S)NCc2ccc(Cl)cc2Cl)cc1OC. The van der Waals surface area contributed by atoms with E-state index in [0.29, 0.717) is 34.9 Å². The van der Waals surface area contributed by atoms with Crippen LogP contribution in [0.15, 0.2) is 36.4 Å². The quantitative estimate of drug-likeness (QED) is 0.619. The van der Waals surface area contributed by atoms with Gasteiger partial charge in [-0.05, 0) is 61.0 Å². The molecule has 0 radical (unpaired) electrons. The van der Waals surface area contributed by atoms with Crippen LogP contribution in [0, 0.1) is 0 Å². The number of benzene rings is 2. The van der Waals surface area contributed by atoms with Crippen LogP contribution >= 0.6 is 35.4 Å². The molecule has 140 valence electrons. The minimum atomic E-state index is 0.540. The topological polar surface area (TPSA) is 42.5 Å². The van der Waals surface area contributed by atoms with Gasteiger partial charge in [-0.1, -0.05) is 35.3 Å². The minimum Gasteiger partial charge on any atom is -0.493 e. The summed E-state index contributed by atoms with van der Waals surface area (Å²) in [7, 11) is 1.64. The molecular weight excluding hydrogens is 391 g/mol. The molecule has 2 aromatic rings. The van der Waals surface area contributed by atoms with Gasteiger partial charge >= 0.3 is 0 Å². The third-order valence-electron chi connectivity index (χ3n) is 3.68. The number of ether oxygens (including phenoxy) is 2. The van der Waals surface area contributed by atoms with Crippen LogP contribution in [-0.4, -0.2) is 25.4 Å². The Morgan fingerprint density at radius 2 is 1.88 bits per heavy atom. The molecule has 0 aliphatic heterocycles. The summed E-state index contributed by atoms with van der Waals surface area (Å²) in [6.07, 6.45) is 0.812. The van der Waals surface area contributed by atoms with E-state index in [4.69, 9.17) is 44.9 Å². The Bertz CT molecular complexity index is 756. The highest BCUT2D eigenvalue weighted by molar-refractivity contribution is 7.80. The summed E-state index contributed by atoms with van der Waals surface area (Å²) in [5.74, 6) is 1.49. The number of nitrogens with one attached hydrogen (secondary N) is 2. The van der Waals surface area contributed by atoms with Gasteiger partial charge in [-0.15, -0.1) is 0 Å². The lowest BCUT2D eigenvalue weighted by atomic mass is 10.1. The first-order chi connectivity index (χ1) is 12.5. The first kappa shape index (κ1) is 20.6. The van der Waals surface area contributed by atoms with E-state index in [1.807, 2.05) is 31.2 Å². The second-order valence-corrected chi connectivity index (χ2v) is 6.77. The maximum atomic E-state index is 6.15. The van der Waals surface area contributed by atoms with Crippen LogP contribution in [0.2, 0.25) is 10.0 Å². The van der Waals surface area contributed by atoms with Gasteiger partial charge in [-0.2, -0.15) is 0 Å². The second-order valence-electron chi connectivity index (χ2n) is 5.51. The molecule has 2 rings (SSSR count). The maximum absolute atomic E-state index is 6.15. The van der Waals surface area contributed by atoms with Gasteiger partial charge in [0.1, 0.15) is 0 Å². The number of hydrogen-bond acceptors (Lipinski definition) is 3. The molecule has 0 atom stereocenters. The first-order valence-electron chi connectivity index (χ1n) is 8.28. The smallest absolute Gasteiger partial charge is 0.166 e. The first-order valence-corrected chi connectivity index (χ1v) is 9.45. The van der Waals surface area contributed by atoms with Crippen molar-refractivity contribution in [1.82, 2.24) is 10.6 Å². The molecule has 2 aromatic carbocycles. The van der Waals surface area contributed by atoms with Gasteiger partial charge in [-0.25, -0.2) is 0 Å². The number of hydrogen-bond donors (Lipinski definition) is 2. The summed E-state index contributed by atoms with van der Waals surface area (Å²) in [5.41, 5.74) is 2.08. The molecule has 0 aromatic heterocycles. The van der Waals surface area contributed by atoms with Crippen molar-refractivity contribution in [2.24, 2.45) is 0 Å². The number of thiocarbonyl (C=S) groups is 1. The summed E-state index contributed by atoms with van der Waals surface area (Å²) in [5, 5.41) is 8.14. The van der Waals surface area contributed by atoms with Crippen LogP contribution in [0.4, 0.5) is 0 Å². The van der Waals surface area contributed by atoms with Gasteiger partial charge in [0.15, 0.2) is 16.6 Å². The van der Waals surface area contributed by atoms with Crippen LogP contribution in [0.1, 0.15) is 18.1 Å². The van der Waals surface area contributed by atoms with Crippen molar-refractivity contribution in [1.29, 1.82) is 0 Å². The zero-order chi connectivity index (χ0) is 18.9. The van der Waals surface area contributed by atoms with E-state index in [-0.39, 0.29) is 0 Å². The Hall–Kier alpha value is -1.69. The van der Waals surface area contributed by atoms with Gasteiger partial charge in [-0.3, -0.25) is 0 Å². The van der Waals surface area contributed by atoms with Crippen molar-refractivity contribution < 1.29 is 9.47 Å². The molecule has 0 unspecified atom stereocenters. The van der Waals surface area contributed by atoms with Gasteiger partial charge in [0.05, 0.1) is 13.7 Å². The number of halogens is 2. The summed E-state index contributed by atoms with van der Waals surface area (Å²) in [4.78, 5) is 0. The third kappa shape index (κ3) is 6.24. The molecule has 0 amide bonds. The summed E-state index contributed by atoms with van der Waals surface area (Å²) >= 11 is 17.4. The molecule has 4 nitrogen and oxygen atoms in total. The predicted molar refractivity (Wildman–Crippen MR) is 112 cm³/mol. The van der Waals surface area contributed by atoms with Crippen molar-refractivity contribution in [2.45, 2.75) is 19.9 Å². The zero-order valence-corrected chi connectivity index (χ0v) is 17.1. The monoisotopic (exact) mass is 412 g/mol. The van der Waals surface area contributed by atoms with Gasteiger partial charge in [0.25, 0.3) is 0 Å². The molecule has 0 fully saturated rings. The predicted octanol–water partition coefficient (Wildman–Crippen LogP) is 4.61. The number of rotatable bonds is 8. The average molecular weight is 413 g/mol. The highest BCUT2D eigenvalue weighted by Gasteiger charge is 2.06. The zero-order valence-electron chi connectivity index (χ0n) is 14.8. The van der Waals surface area contributed by atoms with E-state index in [0.717, 1.165) is 29.0 Å². The van der Waals surface area contributed by atoms with Gasteiger partial charge in [0, 0.05) is 23.1 Å². The lowest BCUT2D eigenvalue weighted by Gasteiger charge is -2.13. The third-order valence-corrected chi connectivity index (χ3v) is 4.56. The van der Waals surface area contributed by atoms with Crippen LogP contribution < -0.4 is 20.1 Å². The van der Waals surface area contributed by atoms with Crippen molar-refractivity contribution in [3.8, 4) is 11.5 Å². The molecule has 0 aliphatic carbocycles. The van der Waals surface area contributed by atoms with E-state index in [9.17, 15) is 0 Å². The fourth-order valence-corrected chi connectivity index (χ4v) is 3.02. The average Bonchev–Trinajstić information content (AvgIpc) is 2.62. The lowest BCUT2D eigenvalue weighted by molar-refractivity contribution is 0.310. The highest BCUT2D eigenvalue weighted by atomic mass is 35.5. The van der Waals surface area contributed by atoms with Crippen LogP contribution in [0.25, 0.3) is 0 Å². The maximum Gasteiger partial charge on any atom is 0.166 e. The molecule has 0 saturated heterocycles. The Morgan fingerprint density at radius 1 is 1.08 bits per heavy atom. The van der Waals surface area contributed by atoms with Crippen LogP contribution in [0.5, 0.6) is 11.5 Å². The van der Waals surface area contributed by atoms with E-state index >= 15 is 0 Å². The second kappa shape index (κ2) is 10.5. The van der Waals surface area contributed by atoms with E-state index < -0.39 is 0 Å². The summed E-state index contributed by atoms with van der Waals surface area (Å²) in [6, 6.07) is 11.3. The van der Waals surface area contributed by atoms with Crippen LogP contribution in [0.3, 0.4) is 0 Å². The Kier molecular flexibility index (Phi) is 8.29. The van der Waals surface area contributed by atoms with Gasteiger partial charge in [0.2, 0.25) is 0 Å². The standard InChI is InChI=1S/C19H22Cl2N2O2S/c1-3-25-17-7-4-13(10-18(17)24-2)8-9-22-19(26)23-12-14-5-6-15(20)11-16(14)21/h4-7,10-11H,3,8-9,12H2,1-2H3,(H2,22,23,26). The van der Waals surface area contributed by atoms with Crippen molar-refractivity contribution >= 4 is 40.5 Å². The Balaban J connectivity index is 1.79. The van der Waals surface area contributed by atoms with E-state index in [2.05, 4.69) is 10.6 Å². The molecule has 0 heterocycles. The summed E-state index contributed by atoms with van der Waals surface area (Å²) in [6.45, 7) is 3.80. The van der Waals surface area contributed by atoms with E-state index in [1.165, 1.54) is 0 Å². The summed E-state index contributed by atoms with van der Waals surface area (Å²) < 4.78 is 10.9. The van der Waals surface area contributed by atoms with Crippen molar-refractivity contribution in [2.75, 3.05) is 20.3 Å². The molecular formula is C19H22Cl2N2O2S. The van der Waals surface area contributed by atoms with Gasteiger partial charge < -0.3 is 20.1 Å². The normalized spacial score (nSPS) is 10.3. The highest BCUT2D eigenvalue weighted by Crippen LogP contribution is 2.28. The lowest BCUT2D eigenvalue weighted by Crippen LogP contribution is -2.35. The van der Waals surface area contributed by atoms with Crippen molar-refractivity contribution in [3.05, 3.63) is 57.6 Å². The fraction of sp³-hybridized carbons (Fsp3) is 0.316. The molecule has 0 spiro atoms. The van der Waals surface area contributed by atoms with Crippen LogP contribution in [-0.2, 0) is 13.0 Å². The number of methoxy groups -OCH3 is 1. The fourth-order valence-electron chi connectivity index (χ4n) is 2.37. The molecule has 26 heavy (non-hydrogen) atoms. The Labute approximate surface area is 169 Å².